The molecular formula is C12H13ClN2O2. The number of carbonyl (C=O) groups is 1. The molecular weight excluding hydrogens is 240 g/mol. The van der Waals surface area contributed by atoms with Crippen LogP contribution in [-0.2, 0) is 4.79 Å². The zero-order valence-electron chi connectivity index (χ0n) is 9.66. The smallest absolute Gasteiger partial charge is 0.241 e. The summed E-state index contributed by atoms with van der Waals surface area (Å²) in [4.78, 5) is 11.7. The molecule has 90 valence electrons. The summed E-state index contributed by atoms with van der Waals surface area (Å²) in [7, 11) is 1.53. The van der Waals surface area contributed by atoms with E-state index < -0.39 is 5.92 Å². The van der Waals surface area contributed by atoms with Crippen LogP contribution in [0.2, 0.25) is 5.02 Å². The second-order valence-corrected chi connectivity index (χ2v) is 3.83. The van der Waals surface area contributed by atoms with Crippen LogP contribution in [0.5, 0.6) is 5.75 Å². The summed E-state index contributed by atoms with van der Waals surface area (Å²) in [5.41, 5.74) is 0.478. The number of halogens is 1. The highest BCUT2D eigenvalue weighted by molar-refractivity contribution is 6.33. The van der Waals surface area contributed by atoms with E-state index in [9.17, 15) is 4.79 Å². The summed E-state index contributed by atoms with van der Waals surface area (Å²) in [6.07, 6.45) is 0.468. The fraction of sp³-hybridized carbons (Fsp3) is 0.333. The lowest BCUT2D eigenvalue weighted by Gasteiger charge is -2.10. The van der Waals surface area contributed by atoms with Gasteiger partial charge in [0.1, 0.15) is 11.7 Å². The molecule has 4 nitrogen and oxygen atoms in total. The first-order valence-corrected chi connectivity index (χ1v) is 5.54. The van der Waals surface area contributed by atoms with Crippen molar-refractivity contribution in [2.24, 2.45) is 5.92 Å². The summed E-state index contributed by atoms with van der Waals surface area (Å²) < 4.78 is 5.00. The van der Waals surface area contributed by atoms with E-state index in [1.54, 1.807) is 25.1 Å². The van der Waals surface area contributed by atoms with E-state index in [2.05, 4.69) is 5.32 Å². The Hall–Kier alpha value is -1.73. The molecule has 17 heavy (non-hydrogen) atoms. The number of nitrogens with zero attached hydrogens (tertiary/aromatic N) is 1. The van der Waals surface area contributed by atoms with Crippen molar-refractivity contribution in [1.29, 1.82) is 5.26 Å². The number of nitriles is 1. The van der Waals surface area contributed by atoms with E-state index in [1.165, 1.54) is 7.11 Å². The molecule has 0 aliphatic rings. The molecule has 1 aromatic carbocycles. The molecule has 1 aromatic rings. The lowest BCUT2D eigenvalue weighted by molar-refractivity contribution is -0.118. The second kappa shape index (κ2) is 6.12. The second-order valence-electron chi connectivity index (χ2n) is 3.42. The molecule has 0 radical (unpaired) electrons. The standard InChI is InChI=1S/C12H13ClN2O2/c1-3-8(7-14)12(16)15-11-5-4-9(17-2)6-10(11)13/h4-6,8H,3H2,1-2H3,(H,15,16). The van der Waals surface area contributed by atoms with Gasteiger partial charge in [0.15, 0.2) is 0 Å². The van der Waals surface area contributed by atoms with Crippen molar-refractivity contribution < 1.29 is 9.53 Å². The van der Waals surface area contributed by atoms with Crippen LogP contribution in [-0.4, -0.2) is 13.0 Å². The van der Waals surface area contributed by atoms with Crippen LogP contribution in [0.1, 0.15) is 13.3 Å². The molecule has 0 saturated carbocycles. The van der Waals surface area contributed by atoms with E-state index >= 15 is 0 Å². The number of anilines is 1. The van der Waals surface area contributed by atoms with Gasteiger partial charge in [-0.15, -0.1) is 0 Å². The first kappa shape index (κ1) is 13.3. The van der Waals surface area contributed by atoms with Gasteiger partial charge in [0.25, 0.3) is 0 Å². The average molecular weight is 253 g/mol. The number of hydrogen-bond acceptors (Lipinski definition) is 3. The number of carbonyl (C=O) groups excluding carboxylic acids is 1. The highest BCUT2D eigenvalue weighted by Gasteiger charge is 2.16. The van der Waals surface area contributed by atoms with Crippen molar-refractivity contribution in [3.05, 3.63) is 23.2 Å². The zero-order valence-corrected chi connectivity index (χ0v) is 10.4. The Kier molecular flexibility index (Phi) is 4.80. The van der Waals surface area contributed by atoms with Crippen molar-refractivity contribution in [2.45, 2.75) is 13.3 Å². The Labute approximate surface area is 105 Å². The lowest BCUT2D eigenvalue weighted by atomic mass is 10.1. The van der Waals surface area contributed by atoms with Gasteiger partial charge in [-0.05, 0) is 18.6 Å². The molecule has 0 fully saturated rings. The van der Waals surface area contributed by atoms with Crippen LogP contribution in [0, 0.1) is 17.2 Å². The molecule has 0 bridgehead atoms. The van der Waals surface area contributed by atoms with Gasteiger partial charge < -0.3 is 10.1 Å². The van der Waals surface area contributed by atoms with Crippen molar-refractivity contribution >= 4 is 23.2 Å². The van der Waals surface area contributed by atoms with E-state index in [-0.39, 0.29) is 5.91 Å². The van der Waals surface area contributed by atoms with Gasteiger partial charge in [-0.25, -0.2) is 0 Å². The van der Waals surface area contributed by atoms with Gasteiger partial charge >= 0.3 is 0 Å². The SMILES string of the molecule is CCC(C#N)C(=O)Nc1ccc(OC)cc1Cl. The van der Waals surface area contributed by atoms with E-state index in [0.29, 0.717) is 22.9 Å². The Morgan fingerprint density at radius 3 is 2.82 bits per heavy atom. The molecule has 0 aliphatic carbocycles. The van der Waals surface area contributed by atoms with Gasteiger partial charge in [-0.2, -0.15) is 5.26 Å². The van der Waals surface area contributed by atoms with Crippen LogP contribution in [0.15, 0.2) is 18.2 Å². The number of amides is 1. The van der Waals surface area contributed by atoms with Crippen LogP contribution in [0.3, 0.4) is 0 Å². The normalized spacial score (nSPS) is 11.4. The zero-order chi connectivity index (χ0) is 12.8. The predicted molar refractivity (Wildman–Crippen MR) is 66.0 cm³/mol. The molecule has 0 aliphatic heterocycles. The molecule has 0 spiro atoms. The Morgan fingerprint density at radius 2 is 2.35 bits per heavy atom. The minimum atomic E-state index is -0.659. The molecule has 1 atom stereocenters. The monoisotopic (exact) mass is 252 g/mol. The first-order chi connectivity index (χ1) is 8.12. The molecule has 0 heterocycles. The summed E-state index contributed by atoms with van der Waals surface area (Å²) >= 11 is 5.97. The van der Waals surface area contributed by atoms with Crippen LogP contribution < -0.4 is 10.1 Å². The summed E-state index contributed by atoms with van der Waals surface area (Å²) in [5, 5.41) is 11.8. The third-order valence-electron chi connectivity index (χ3n) is 2.31. The molecule has 0 aromatic heterocycles. The molecule has 1 unspecified atom stereocenters. The molecule has 1 N–H and O–H groups in total. The fourth-order valence-corrected chi connectivity index (χ4v) is 1.50. The van der Waals surface area contributed by atoms with Gasteiger partial charge in [0.2, 0.25) is 5.91 Å². The highest BCUT2D eigenvalue weighted by Crippen LogP contribution is 2.27. The number of ether oxygens (including phenoxy) is 1. The molecule has 1 rings (SSSR count). The van der Waals surface area contributed by atoms with Crippen LogP contribution in [0.25, 0.3) is 0 Å². The third kappa shape index (κ3) is 3.36. The first-order valence-electron chi connectivity index (χ1n) is 5.16. The maximum Gasteiger partial charge on any atom is 0.241 e. The van der Waals surface area contributed by atoms with Crippen molar-refractivity contribution in [3.8, 4) is 11.8 Å². The molecule has 5 heteroatoms. The summed E-state index contributed by atoms with van der Waals surface area (Å²) in [6, 6.07) is 6.87. The van der Waals surface area contributed by atoms with Crippen LogP contribution in [0.4, 0.5) is 5.69 Å². The quantitative estimate of drug-likeness (QED) is 0.896. The van der Waals surface area contributed by atoms with Crippen molar-refractivity contribution in [3.63, 3.8) is 0 Å². The van der Waals surface area contributed by atoms with Crippen molar-refractivity contribution in [1.82, 2.24) is 0 Å². The number of rotatable bonds is 4. The largest absolute Gasteiger partial charge is 0.497 e. The van der Waals surface area contributed by atoms with E-state index in [1.807, 2.05) is 6.07 Å². The van der Waals surface area contributed by atoms with Gasteiger partial charge in [-0.3, -0.25) is 4.79 Å². The Balaban J connectivity index is 2.82. The fourth-order valence-electron chi connectivity index (χ4n) is 1.28. The minimum absolute atomic E-state index is 0.345. The van der Waals surface area contributed by atoms with E-state index in [0.717, 1.165) is 0 Å². The highest BCUT2D eigenvalue weighted by atomic mass is 35.5. The topological polar surface area (TPSA) is 62.1 Å². The Bertz CT molecular complexity index is 454. The predicted octanol–water partition coefficient (Wildman–Crippen LogP) is 2.84. The van der Waals surface area contributed by atoms with Gasteiger partial charge in [0.05, 0.1) is 23.9 Å². The van der Waals surface area contributed by atoms with E-state index in [4.69, 9.17) is 21.6 Å². The number of benzene rings is 1. The number of hydrogen-bond donors (Lipinski definition) is 1. The summed E-state index contributed by atoms with van der Waals surface area (Å²) in [6.45, 7) is 1.78. The number of methoxy groups -OCH3 is 1. The Morgan fingerprint density at radius 1 is 1.65 bits per heavy atom. The minimum Gasteiger partial charge on any atom is -0.497 e. The van der Waals surface area contributed by atoms with Gasteiger partial charge in [0, 0.05) is 6.07 Å². The van der Waals surface area contributed by atoms with Crippen molar-refractivity contribution in [2.75, 3.05) is 12.4 Å². The third-order valence-corrected chi connectivity index (χ3v) is 2.63. The maximum atomic E-state index is 11.7. The van der Waals surface area contributed by atoms with Crippen LogP contribution >= 0.6 is 11.6 Å². The summed E-state index contributed by atoms with van der Waals surface area (Å²) in [5.74, 6) is -0.393. The number of nitrogens with one attached hydrogen (secondary N) is 1. The van der Waals surface area contributed by atoms with Gasteiger partial charge in [-0.1, -0.05) is 18.5 Å². The molecule has 0 saturated heterocycles. The molecule has 1 amide bonds. The average Bonchev–Trinajstić information content (AvgIpc) is 2.33. The lowest BCUT2D eigenvalue weighted by Crippen LogP contribution is -2.21. The maximum absolute atomic E-state index is 11.7.